The van der Waals surface area contributed by atoms with Gasteiger partial charge in [0.15, 0.2) is 0 Å². The Balaban J connectivity index is 0.000000320. The third-order valence-corrected chi connectivity index (χ3v) is 5.93. The van der Waals surface area contributed by atoms with Gasteiger partial charge in [0.2, 0.25) is 5.91 Å². The normalized spacial score (nSPS) is 13.8. The molecule has 1 heterocycles. The molecule has 0 unspecified atom stereocenters. The molecule has 0 aliphatic carbocycles. The third kappa shape index (κ3) is 7.22. The van der Waals surface area contributed by atoms with E-state index in [0.29, 0.717) is 28.2 Å². The molecule has 0 bridgehead atoms. The van der Waals surface area contributed by atoms with Gasteiger partial charge in [-0.15, -0.1) is 0 Å². The molecule has 7 N–H and O–H groups in total. The van der Waals surface area contributed by atoms with Crippen LogP contribution in [0.2, 0.25) is 0 Å². The highest BCUT2D eigenvalue weighted by molar-refractivity contribution is 6.08. The van der Waals surface area contributed by atoms with Crippen molar-refractivity contribution in [2.75, 3.05) is 54.9 Å². The molecular weight excluding hydrogens is 440 g/mol. The van der Waals surface area contributed by atoms with Crippen LogP contribution in [0.1, 0.15) is 32.7 Å². The Morgan fingerprint density at radius 1 is 0.886 bits per heavy atom. The number of aryl methyl sites for hydroxylation is 1. The van der Waals surface area contributed by atoms with Gasteiger partial charge < -0.3 is 32.3 Å². The van der Waals surface area contributed by atoms with Crippen LogP contribution in [-0.4, -0.2) is 49.9 Å². The second kappa shape index (κ2) is 11.9. The van der Waals surface area contributed by atoms with Gasteiger partial charge in [-0.2, -0.15) is 0 Å². The summed E-state index contributed by atoms with van der Waals surface area (Å²) in [6.07, 6.45) is 1.10. The Labute approximate surface area is 206 Å². The fourth-order valence-electron chi connectivity index (χ4n) is 3.81. The van der Waals surface area contributed by atoms with E-state index < -0.39 is 0 Å². The van der Waals surface area contributed by atoms with Crippen LogP contribution in [0.3, 0.4) is 0 Å². The SMILES string of the molecule is Cc1ccc(N)cc1NC(=O)c1cc(N2CCCN(C)CC2)ccc1N.NC(=O)c1ccccc1. The first-order chi connectivity index (χ1) is 16.7. The average Bonchev–Trinajstić information content (AvgIpc) is 3.07. The molecule has 1 aliphatic heterocycles. The number of carbonyl (C=O) groups is 2. The van der Waals surface area contributed by atoms with Gasteiger partial charge in [0.05, 0.1) is 5.56 Å². The molecule has 8 nitrogen and oxygen atoms in total. The molecule has 184 valence electrons. The first-order valence-electron chi connectivity index (χ1n) is 11.6. The minimum atomic E-state index is -0.379. The number of nitrogen functional groups attached to an aromatic ring is 2. The van der Waals surface area contributed by atoms with Crippen molar-refractivity contribution in [1.29, 1.82) is 0 Å². The van der Waals surface area contributed by atoms with Crippen molar-refractivity contribution in [3.8, 4) is 0 Å². The Hall–Kier alpha value is -4.04. The lowest BCUT2D eigenvalue weighted by Gasteiger charge is -2.24. The maximum absolute atomic E-state index is 12.8. The minimum Gasteiger partial charge on any atom is -0.399 e. The Morgan fingerprint density at radius 2 is 1.63 bits per heavy atom. The van der Waals surface area contributed by atoms with Gasteiger partial charge in [-0.05, 0) is 75.0 Å². The predicted molar refractivity (Wildman–Crippen MR) is 144 cm³/mol. The number of amides is 2. The standard InChI is InChI=1S/C20H27N5O.C7H7NO/c1-14-4-5-15(21)12-19(14)23-20(26)17-13-16(6-7-18(17)22)25-9-3-8-24(2)10-11-25;8-7(9)6-4-2-1-3-5-6/h4-7,12-13H,3,8-11,21-22H2,1-2H3,(H,23,26);1-5H,(H2,8,9). The fraction of sp³-hybridized carbons (Fsp3) is 0.259. The van der Waals surface area contributed by atoms with E-state index >= 15 is 0 Å². The number of rotatable bonds is 4. The van der Waals surface area contributed by atoms with Gasteiger partial charge >= 0.3 is 0 Å². The zero-order chi connectivity index (χ0) is 25.4. The van der Waals surface area contributed by atoms with Gasteiger partial charge in [0.1, 0.15) is 0 Å². The van der Waals surface area contributed by atoms with Gasteiger partial charge in [-0.3, -0.25) is 9.59 Å². The number of benzene rings is 3. The van der Waals surface area contributed by atoms with Crippen molar-refractivity contribution in [3.63, 3.8) is 0 Å². The van der Waals surface area contributed by atoms with E-state index in [-0.39, 0.29) is 11.8 Å². The van der Waals surface area contributed by atoms with Crippen LogP contribution < -0.4 is 27.4 Å². The summed E-state index contributed by atoms with van der Waals surface area (Å²) in [6, 6.07) is 19.9. The Bertz CT molecular complexity index is 1170. The topological polar surface area (TPSA) is 131 Å². The molecule has 3 aromatic carbocycles. The van der Waals surface area contributed by atoms with Crippen molar-refractivity contribution in [2.24, 2.45) is 5.73 Å². The molecule has 1 fully saturated rings. The highest BCUT2D eigenvalue weighted by Crippen LogP contribution is 2.25. The number of primary amides is 1. The van der Waals surface area contributed by atoms with Crippen LogP contribution in [0.25, 0.3) is 0 Å². The number of hydrogen-bond donors (Lipinski definition) is 4. The molecule has 0 spiro atoms. The molecule has 0 radical (unpaired) electrons. The number of hydrogen-bond acceptors (Lipinski definition) is 6. The van der Waals surface area contributed by atoms with Crippen LogP contribution in [0.5, 0.6) is 0 Å². The number of carbonyl (C=O) groups excluding carboxylic acids is 2. The van der Waals surface area contributed by atoms with Gasteiger partial charge in [0.25, 0.3) is 5.91 Å². The van der Waals surface area contributed by atoms with Crippen molar-refractivity contribution < 1.29 is 9.59 Å². The van der Waals surface area contributed by atoms with Crippen molar-refractivity contribution >= 4 is 34.6 Å². The molecule has 0 atom stereocenters. The zero-order valence-corrected chi connectivity index (χ0v) is 20.3. The third-order valence-electron chi connectivity index (χ3n) is 5.93. The molecule has 2 amide bonds. The van der Waals surface area contributed by atoms with E-state index in [0.717, 1.165) is 43.9 Å². The number of anilines is 4. The second-order valence-electron chi connectivity index (χ2n) is 8.67. The summed E-state index contributed by atoms with van der Waals surface area (Å²) in [7, 11) is 2.14. The maximum atomic E-state index is 12.8. The lowest BCUT2D eigenvalue weighted by molar-refractivity contribution is 0.0997. The van der Waals surface area contributed by atoms with Crippen LogP contribution in [0, 0.1) is 6.92 Å². The Kier molecular flexibility index (Phi) is 8.69. The lowest BCUT2D eigenvalue weighted by atomic mass is 10.1. The predicted octanol–water partition coefficient (Wildman–Crippen LogP) is 3.34. The molecule has 0 aromatic heterocycles. The van der Waals surface area contributed by atoms with Crippen LogP contribution >= 0.6 is 0 Å². The zero-order valence-electron chi connectivity index (χ0n) is 20.3. The molecule has 0 saturated carbocycles. The summed E-state index contributed by atoms with van der Waals surface area (Å²) in [5.41, 5.74) is 21.7. The maximum Gasteiger partial charge on any atom is 0.257 e. The summed E-state index contributed by atoms with van der Waals surface area (Å²) in [5, 5.41) is 2.93. The number of nitrogens with two attached hydrogens (primary N) is 3. The molecule has 1 aliphatic rings. The molecule has 35 heavy (non-hydrogen) atoms. The highest BCUT2D eigenvalue weighted by atomic mass is 16.2. The first kappa shape index (κ1) is 25.6. The van der Waals surface area contributed by atoms with Crippen molar-refractivity contribution in [1.82, 2.24) is 4.90 Å². The quantitative estimate of drug-likeness (QED) is 0.429. The van der Waals surface area contributed by atoms with E-state index in [2.05, 4.69) is 22.2 Å². The van der Waals surface area contributed by atoms with Crippen molar-refractivity contribution in [2.45, 2.75) is 13.3 Å². The van der Waals surface area contributed by atoms with E-state index in [1.54, 1.807) is 30.3 Å². The summed E-state index contributed by atoms with van der Waals surface area (Å²) < 4.78 is 0. The van der Waals surface area contributed by atoms with Crippen LogP contribution in [0.15, 0.2) is 66.7 Å². The van der Waals surface area contributed by atoms with E-state index in [9.17, 15) is 9.59 Å². The van der Waals surface area contributed by atoms with Crippen LogP contribution in [0.4, 0.5) is 22.7 Å². The molecule has 4 rings (SSSR count). The largest absolute Gasteiger partial charge is 0.399 e. The summed E-state index contributed by atoms with van der Waals surface area (Å²) in [6.45, 7) is 5.95. The molecule has 3 aromatic rings. The van der Waals surface area contributed by atoms with Crippen LogP contribution in [-0.2, 0) is 0 Å². The van der Waals surface area contributed by atoms with E-state index in [4.69, 9.17) is 17.2 Å². The second-order valence-corrected chi connectivity index (χ2v) is 8.67. The van der Waals surface area contributed by atoms with E-state index in [1.165, 1.54) is 0 Å². The van der Waals surface area contributed by atoms with Crippen molar-refractivity contribution in [3.05, 3.63) is 83.4 Å². The Morgan fingerprint density at radius 3 is 2.31 bits per heavy atom. The summed E-state index contributed by atoms with van der Waals surface area (Å²) >= 11 is 0. The van der Waals surface area contributed by atoms with Gasteiger partial charge in [0, 0.05) is 47.9 Å². The molecule has 8 heteroatoms. The lowest BCUT2D eigenvalue weighted by Crippen LogP contribution is -2.29. The highest BCUT2D eigenvalue weighted by Gasteiger charge is 2.17. The van der Waals surface area contributed by atoms with E-state index in [1.807, 2.05) is 43.3 Å². The number of likely N-dealkylation sites (N-methyl/N-ethyl adjacent to an activating group) is 1. The van der Waals surface area contributed by atoms with Gasteiger partial charge in [-0.25, -0.2) is 0 Å². The molecular formula is C27H34N6O2. The fourth-order valence-corrected chi connectivity index (χ4v) is 3.81. The minimum absolute atomic E-state index is 0.218. The average molecular weight is 475 g/mol. The first-order valence-corrected chi connectivity index (χ1v) is 11.6. The summed E-state index contributed by atoms with van der Waals surface area (Å²) in [4.78, 5) is 27.9. The number of nitrogens with zero attached hydrogens (tertiary/aromatic N) is 2. The monoisotopic (exact) mass is 474 g/mol. The summed E-state index contributed by atoms with van der Waals surface area (Å²) in [5.74, 6) is -0.597. The number of nitrogens with one attached hydrogen (secondary N) is 1. The smallest absolute Gasteiger partial charge is 0.257 e. The molecule has 1 saturated heterocycles. The van der Waals surface area contributed by atoms with Gasteiger partial charge in [-0.1, -0.05) is 24.3 Å².